The van der Waals surface area contributed by atoms with Crippen LogP contribution in [0, 0.1) is 0 Å². The van der Waals surface area contributed by atoms with Gasteiger partial charge in [-0.2, -0.15) is 4.31 Å². The molecule has 0 bridgehead atoms. The number of hydrogen-bond acceptors (Lipinski definition) is 5. The summed E-state index contributed by atoms with van der Waals surface area (Å²) < 4.78 is 30.5. The van der Waals surface area contributed by atoms with Crippen LogP contribution in [0.5, 0.6) is 0 Å². The minimum absolute atomic E-state index is 0.00482. The number of nitrogens with zero attached hydrogens (tertiary/aromatic N) is 1. The largest absolute Gasteiger partial charge is 0.396 e. The molecular formula is C12H24N2O5S. The highest BCUT2D eigenvalue weighted by molar-refractivity contribution is 7.89. The Balaban J connectivity index is 2.38. The predicted molar refractivity (Wildman–Crippen MR) is 74.7 cm³/mol. The molecule has 7 nitrogen and oxygen atoms in total. The molecular weight excluding hydrogens is 284 g/mol. The molecule has 0 aromatic carbocycles. The summed E-state index contributed by atoms with van der Waals surface area (Å²) in [4.78, 5) is 11.7. The number of aliphatic hydroxyl groups is 1. The first-order chi connectivity index (χ1) is 9.49. The van der Waals surface area contributed by atoms with Crippen LogP contribution in [0.1, 0.15) is 26.2 Å². The molecule has 1 fully saturated rings. The van der Waals surface area contributed by atoms with Gasteiger partial charge in [-0.05, 0) is 12.8 Å². The average molecular weight is 308 g/mol. The zero-order valence-corrected chi connectivity index (χ0v) is 12.7. The summed E-state index contributed by atoms with van der Waals surface area (Å²) in [6.45, 7) is 3.42. The van der Waals surface area contributed by atoms with Crippen LogP contribution in [-0.2, 0) is 19.6 Å². The SMILES string of the molecule is CCC(CCO)NC(=O)CCS(=O)(=O)N1CCOCC1. The molecule has 1 aliphatic heterocycles. The summed E-state index contributed by atoms with van der Waals surface area (Å²) in [5.41, 5.74) is 0. The lowest BCUT2D eigenvalue weighted by Crippen LogP contribution is -2.43. The van der Waals surface area contributed by atoms with Crippen LogP contribution in [0.15, 0.2) is 0 Å². The van der Waals surface area contributed by atoms with Crippen LogP contribution >= 0.6 is 0 Å². The summed E-state index contributed by atoms with van der Waals surface area (Å²) in [6.07, 6.45) is 1.14. The molecule has 8 heteroatoms. The highest BCUT2D eigenvalue weighted by atomic mass is 32.2. The van der Waals surface area contributed by atoms with Crippen LogP contribution in [0.3, 0.4) is 0 Å². The number of carbonyl (C=O) groups is 1. The van der Waals surface area contributed by atoms with E-state index in [0.717, 1.165) is 0 Å². The molecule has 20 heavy (non-hydrogen) atoms. The number of rotatable bonds is 8. The quantitative estimate of drug-likeness (QED) is 0.619. The minimum atomic E-state index is -3.39. The van der Waals surface area contributed by atoms with E-state index in [1.165, 1.54) is 4.31 Å². The first kappa shape index (κ1) is 17.4. The molecule has 1 rings (SSSR count). The van der Waals surface area contributed by atoms with Gasteiger partial charge in [-0.15, -0.1) is 0 Å². The van der Waals surface area contributed by atoms with Crippen LogP contribution in [-0.4, -0.2) is 68.4 Å². The van der Waals surface area contributed by atoms with Crippen molar-refractivity contribution in [2.45, 2.75) is 32.2 Å². The van der Waals surface area contributed by atoms with Crippen molar-refractivity contribution in [2.24, 2.45) is 0 Å². The zero-order valence-electron chi connectivity index (χ0n) is 11.9. The standard InChI is InChI=1S/C12H24N2O5S/c1-2-11(3-7-15)13-12(16)4-10-20(17,18)14-5-8-19-9-6-14/h11,15H,2-10H2,1H3,(H,13,16). The number of sulfonamides is 1. The van der Waals surface area contributed by atoms with E-state index in [9.17, 15) is 13.2 Å². The Labute approximate surface area is 120 Å². The maximum atomic E-state index is 12.0. The van der Waals surface area contributed by atoms with Crippen molar-refractivity contribution in [1.82, 2.24) is 9.62 Å². The maximum Gasteiger partial charge on any atom is 0.221 e. The Hall–Kier alpha value is -0.700. The molecule has 1 saturated heterocycles. The molecule has 118 valence electrons. The number of nitrogens with one attached hydrogen (secondary N) is 1. The van der Waals surface area contributed by atoms with E-state index in [4.69, 9.17) is 9.84 Å². The molecule has 0 spiro atoms. The van der Waals surface area contributed by atoms with Crippen molar-refractivity contribution in [3.8, 4) is 0 Å². The normalized spacial score (nSPS) is 18.7. The lowest BCUT2D eigenvalue weighted by molar-refractivity contribution is -0.121. The fraction of sp³-hybridized carbons (Fsp3) is 0.917. The third-order valence-corrected chi connectivity index (χ3v) is 5.16. The van der Waals surface area contributed by atoms with Gasteiger partial charge >= 0.3 is 0 Å². The first-order valence-corrected chi connectivity index (χ1v) is 8.56. The van der Waals surface area contributed by atoms with E-state index in [2.05, 4.69) is 5.32 Å². The van der Waals surface area contributed by atoms with Gasteiger partial charge in [0.1, 0.15) is 0 Å². The summed E-state index contributed by atoms with van der Waals surface area (Å²) in [5.74, 6) is -0.476. The molecule has 1 heterocycles. The number of morpholine rings is 1. The highest BCUT2D eigenvalue weighted by Crippen LogP contribution is 2.07. The molecule has 1 unspecified atom stereocenters. The van der Waals surface area contributed by atoms with Crippen molar-refractivity contribution < 1.29 is 23.1 Å². The minimum Gasteiger partial charge on any atom is -0.396 e. The summed E-state index contributed by atoms with van der Waals surface area (Å²) >= 11 is 0. The van der Waals surface area contributed by atoms with Gasteiger partial charge in [-0.25, -0.2) is 8.42 Å². The number of hydrogen-bond donors (Lipinski definition) is 2. The van der Waals surface area contributed by atoms with E-state index in [-0.39, 0.29) is 30.7 Å². The Morgan fingerprint density at radius 2 is 2.05 bits per heavy atom. The number of aliphatic hydroxyl groups excluding tert-OH is 1. The summed E-state index contributed by atoms with van der Waals surface area (Å²) in [7, 11) is -3.39. The van der Waals surface area contributed by atoms with Crippen LogP contribution in [0.2, 0.25) is 0 Å². The molecule has 1 aliphatic rings. The van der Waals surface area contributed by atoms with Gasteiger partial charge in [0.25, 0.3) is 0 Å². The molecule has 0 radical (unpaired) electrons. The van der Waals surface area contributed by atoms with E-state index >= 15 is 0 Å². The lowest BCUT2D eigenvalue weighted by Gasteiger charge is -2.26. The molecule has 2 N–H and O–H groups in total. The van der Waals surface area contributed by atoms with Crippen molar-refractivity contribution in [3.05, 3.63) is 0 Å². The summed E-state index contributed by atoms with van der Waals surface area (Å²) in [5, 5.41) is 11.6. The third kappa shape index (κ3) is 5.74. The van der Waals surface area contributed by atoms with Crippen LogP contribution < -0.4 is 5.32 Å². The van der Waals surface area contributed by atoms with Crippen molar-refractivity contribution in [1.29, 1.82) is 0 Å². The Bertz CT molecular complexity index is 393. The maximum absolute atomic E-state index is 12.0. The molecule has 0 saturated carbocycles. The van der Waals surface area contributed by atoms with E-state index in [0.29, 0.717) is 39.1 Å². The second-order valence-electron chi connectivity index (χ2n) is 4.76. The fourth-order valence-corrected chi connectivity index (χ4v) is 3.42. The van der Waals surface area contributed by atoms with Crippen molar-refractivity contribution in [2.75, 3.05) is 38.7 Å². The van der Waals surface area contributed by atoms with Gasteiger partial charge in [0.05, 0.1) is 19.0 Å². The molecule has 1 amide bonds. The van der Waals surface area contributed by atoms with Crippen molar-refractivity contribution in [3.63, 3.8) is 0 Å². The molecule has 0 aliphatic carbocycles. The number of carbonyl (C=O) groups excluding carboxylic acids is 1. The lowest BCUT2D eigenvalue weighted by atomic mass is 10.1. The topological polar surface area (TPSA) is 95.9 Å². The second-order valence-corrected chi connectivity index (χ2v) is 6.85. The monoisotopic (exact) mass is 308 g/mol. The van der Waals surface area contributed by atoms with Gasteiger partial charge in [0, 0.05) is 32.2 Å². The second kappa shape index (κ2) is 8.56. The molecule has 1 atom stereocenters. The van der Waals surface area contributed by atoms with Gasteiger partial charge in [0.2, 0.25) is 15.9 Å². The van der Waals surface area contributed by atoms with Gasteiger partial charge in [-0.1, -0.05) is 6.92 Å². The zero-order chi connectivity index (χ0) is 15.0. The van der Waals surface area contributed by atoms with Crippen LogP contribution in [0.25, 0.3) is 0 Å². The summed E-state index contributed by atoms with van der Waals surface area (Å²) in [6, 6.07) is -0.0985. The average Bonchev–Trinajstić information content (AvgIpc) is 2.46. The van der Waals surface area contributed by atoms with Gasteiger partial charge < -0.3 is 15.2 Å². The third-order valence-electron chi connectivity index (χ3n) is 3.29. The fourth-order valence-electron chi connectivity index (χ4n) is 2.01. The van der Waals surface area contributed by atoms with Gasteiger partial charge in [-0.3, -0.25) is 4.79 Å². The number of ether oxygens (including phenoxy) is 1. The van der Waals surface area contributed by atoms with E-state index < -0.39 is 10.0 Å². The Kier molecular flexibility index (Phi) is 7.42. The highest BCUT2D eigenvalue weighted by Gasteiger charge is 2.25. The predicted octanol–water partition coefficient (Wildman–Crippen LogP) is -0.684. The van der Waals surface area contributed by atoms with E-state index in [1.807, 2.05) is 6.92 Å². The van der Waals surface area contributed by atoms with E-state index in [1.54, 1.807) is 0 Å². The van der Waals surface area contributed by atoms with Crippen molar-refractivity contribution >= 4 is 15.9 Å². The smallest absolute Gasteiger partial charge is 0.221 e. The Morgan fingerprint density at radius 3 is 2.60 bits per heavy atom. The Morgan fingerprint density at radius 1 is 1.40 bits per heavy atom. The van der Waals surface area contributed by atoms with Gasteiger partial charge in [0.15, 0.2) is 0 Å². The van der Waals surface area contributed by atoms with Crippen LogP contribution in [0.4, 0.5) is 0 Å². The first-order valence-electron chi connectivity index (χ1n) is 6.95. The molecule has 0 aromatic rings. The molecule has 0 aromatic heterocycles. The number of amides is 1.